The van der Waals surface area contributed by atoms with Crippen molar-refractivity contribution in [3.8, 4) is 22.9 Å². The number of aromatic nitrogens is 2. The van der Waals surface area contributed by atoms with Crippen molar-refractivity contribution in [3.05, 3.63) is 77.8 Å². The topological polar surface area (TPSA) is 36.3 Å². The highest BCUT2D eigenvalue weighted by Crippen LogP contribution is 2.26. The van der Waals surface area contributed by atoms with Crippen LogP contribution in [0.4, 0.5) is 0 Å². The van der Waals surface area contributed by atoms with Crippen LogP contribution in [0.2, 0.25) is 5.02 Å². The van der Waals surface area contributed by atoms with Crippen LogP contribution in [0.1, 0.15) is 6.42 Å². The number of ether oxygens (including phenoxy) is 2. The van der Waals surface area contributed by atoms with Crippen molar-refractivity contribution in [2.45, 2.75) is 13.0 Å². The fourth-order valence-electron chi connectivity index (χ4n) is 3.22. The molecule has 5 heteroatoms. The summed E-state index contributed by atoms with van der Waals surface area (Å²) in [6.45, 7) is 1.42. The minimum Gasteiger partial charge on any atom is -0.497 e. The van der Waals surface area contributed by atoms with Crippen molar-refractivity contribution >= 4 is 22.6 Å². The zero-order chi connectivity index (χ0) is 19.3. The Bertz CT molecular complexity index is 1070. The Kier molecular flexibility index (Phi) is 5.49. The lowest BCUT2D eigenvalue weighted by Crippen LogP contribution is -2.06. The maximum absolute atomic E-state index is 6.05. The third kappa shape index (κ3) is 3.97. The maximum atomic E-state index is 6.05. The molecule has 0 amide bonds. The van der Waals surface area contributed by atoms with Gasteiger partial charge in [0.2, 0.25) is 0 Å². The van der Waals surface area contributed by atoms with Gasteiger partial charge in [-0.2, -0.15) is 0 Å². The Morgan fingerprint density at radius 1 is 0.929 bits per heavy atom. The van der Waals surface area contributed by atoms with E-state index < -0.39 is 0 Å². The lowest BCUT2D eigenvalue weighted by molar-refractivity contribution is 0.300. The largest absolute Gasteiger partial charge is 0.497 e. The second-order valence-electron chi connectivity index (χ2n) is 6.46. The van der Waals surface area contributed by atoms with Crippen LogP contribution in [0.5, 0.6) is 11.5 Å². The molecule has 4 aromatic rings. The van der Waals surface area contributed by atoms with Gasteiger partial charge in [-0.1, -0.05) is 29.8 Å². The second-order valence-corrected chi connectivity index (χ2v) is 6.90. The highest BCUT2D eigenvalue weighted by atomic mass is 35.5. The summed E-state index contributed by atoms with van der Waals surface area (Å²) < 4.78 is 13.4. The molecule has 0 aliphatic rings. The van der Waals surface area contributed by atoms with Gasteiger partial charge in [-0.15, -0.1) is 0 Å². The van der Waals surface area contributed by atoms with E-state index in [1.807, 2.05) is 66.7 Å². The molecule has 0 spiro atoms. The van der Waals surface area contributed by atoms with Gasteiger partial charge in [-0.05, 0) is 55.0 Å². The predicted molar refractivity (Wildman–Crippen MR) is 113 cm³/mol. The number of aryl methyl sites for hydroxylation is 1. The number of rotatable bonds is 7. The number of methoxy groups -OCH3 is 1. The van der Waals surface area contributed by atoms with E-state index in [1.165, 1.54) is 0 Å². The van der Waals surface area contributed by atoms with Crippen LogP contribution in [0.25, 0.3) is 22.4 Å². The lowest BCUT2D eigenvalue weighted by Gasteiger charge is -2.11. The normalized spacial score (nSPS) is 10.9. The van der Waals surface area contributed by atoms with Crippen molar-refractivity contribution < 1.29 is 9.47 Å². The summed E-state index contributed by atoms with van der Waals surface area (Å²) in [4.78, 5) is 4.83. The van der Waals surface area contributed by atoms with E-state index in [0.29, 0.717) is 6.61 Å². The quantitative estimate of drug-likeness (QED) is 0.371. The molecule has 0 bridgehead atoms. The van der Waals surface area contributed by atoms with Crippen LogP contribution in [0.3, 0.4) is 0 Å². The van der Waals surface area contributed by atoms with Gasteiger partial charge in [-0.25, -0.2) is 4.98 Å². The van der Waals surface area contributed by atoms with Crippen LogP contribution in [0.15, 0.2) is 72.8 Å². The smallest absolute Gasteiger partial charge is 0.141 e. The van der Waals surface area contributed by atoms with E-state index in [0.717, 1.165) is 51.9 Å². The fourth-order valence-corrected chi connectivity index (χ4v) is 3.35. The minimum atomic E-state index is 0.611. The molecule has 0 radical (unpaired) electrons. The van der Waals surface area contributed by atoms with Gasteiger partial charge in [0.15, 0.2) is 0 Å². The van der Waals surface area contributed by atoms with E-state index in [4.69, 9.17) is 26.1 Å². The van der Waals surface area contributed by atoms with Crippen LogP contribution in [0, 0.1) is 0 Å². The standard InChI is InChI=1S/C23H21ClN2O2/c1-27-19-6-4-7-20(16-19)28-15-5-14-26-22-9-3-2-8-21(22)25-23(26)17-10-12-18(24)13-11-17/h2-4,6-13,16H,5,14-15H2,1H3. The summed E-state index contributed by atoms with van der Waals surface area (Å²) in [7, 11) is 1.65. The van der Waals surface area contributed by atoms with Crippen molar-refractivity contribution in [2.75, 3.05) is 13.7 Å². The first-order valence-corrected chi connectivity index (χ1v) is 9.60. The third-order valence-corrected chi connectivity index (χ3v) is 4.84. The summed E-state index contributed by atoms with van der Waals surface area (Å²) in [5, 5.41) is 0.720. The molecule has 3 aromatic carbocycles. The summed E-state index contributed by atoms with van der Waals surface area (Å²) in [6.07, 6.45) is 0.859. The van der Waals surface area contributed by atoms with Gasteiger partial charge in [0, 0.05) is 23.2 Å². The van der Waals surface area contributed by atoms with Crippen LogP contribution < -0.4 is 9.47 Å². The average molecular weight is 393 g/mol. The van der Waals surface area contributed by atoms with Crippen molar-refractivity contribution in [1.29, 1.82) is 0 Å². The van der Waals surface area contributed by atoms with Crippen molar-refractivity contribution in [1.82, 2.24) is 9.55 Å². The van der Waals surface area contributed by atoms with Crippen LogP contribution in [-0.2, 0) is 6.54 Å². The van der Waals surface area contributed by atoms with Crippen molar-refractivity contribution in [2.24, 2.45) is 0 Å². The van der Waals surface area contributed by atoms with Gasteiger partial charge < -0.3 is 14.0 Å². The van der Waals surface area contributed by atoms with Gasteiger partial charge in [-0.3, -0.25) is 0 Å². The predicted octanol–water partition coefficient (Wildman–Crippen LogP) is 5.83. The number of hydrogen-bond acceptors (Lipinski definition) is 3. The van der Waals surface area contributed by atoms with E-state index in [9.17, 15) is 0 Å². The van der Waals surface area contributed by atoms with Gasteiger partial charge in [0.25, 0.3) is 0 Å². The number of imidazole rings is 1. The first-order valence-electron chi connectivity index (χ1n) is 9.22. The monoisotopic (exact) mass is 392 g/mol. The molecule has 4 nitrogen and oxygen atoms in total. The van der Waals surface area contributed by atoms with E-state index in [2.05, 4.69) is 10.6 Å². The van der Waals surface area contributed by atoms with Crippen LogP contribution in [-0.4, -0.2) is 23.3 Å². The van der Waals surface area contributed by atoms with Crippen LogP contribution >= 0.6 is 11.6 Å². The van der Waals surface area contributed by atoms with Gasteiger partial charge in [0.1, 0.15) is 17.3 Å². The number of halogens is 1. The SMILES string of the molecule is COc1cccc(OCCCn2c(-c3ccc(Cl)cc3)nc3ccccc32)c1. The van der Waals surface area contributed by atoms with Gasteiger partial charge >= 0.3 is 0 Å². The molecule has 0 fully saturated rings. The zero-order valence-corrected chi connectivity index (χ0v) is 16.4. The molecular formula is C23H21ClN2O2. The molecule has 0 aliphatic carbocycles. The van der Waals surface area contributed by atoms with Gasteiger partial charge in [0.05, 0.1) is 24.8 Å². The number of fused-ring (bicyclic) bond motifs is 1. The van der Waals surface area contributed by atoms with E-state index >= 15 is 0 Å². The second kappa shape index (κ2) is 8.36. The van der Waals surface area contributed by atoms with E-state index in [1.54, 1.807) is 7.11 Å². The molecule has 142 valence electrons. The number of hydrogen-bond donors (Lipinski definition) is 0. The Balaban J connectivity index is 1.52. The molecule has 0 unspecified atom stereocenters. The zero-order valence-electron chi connectivity index (χ0n) is 15.6. The number of nitrogens with zero attached hydrogens (tertiary/aromatic N) is 2. The first kappa shape index (κ1) is 18.4. The summed E-state index contributed by atoms with van der Waals surface area (Å²) in [5.41, 5.74) is 3.16. The molecule has 0 N–H and O–H groups in total. The molecule has 1 heterocycles. The highest BCUT2D eigenvalue weighted by Gasteiger charge is 2.12. The highest BCUT2D eigenvalue weighted by molar-refractivity contribution is 6.30. The number of para-hydroxylation sites is 2. The Morgan fingerprint density at radius 3 is 2.54 bits per heavy atom. The molecule has 1 aromatic heterocycles. The molecule has 28 heavy (non-hydrogen) atoms. The summed E-state index contributed by atoms with van der Waals surface area (Å²) in [5.74, 6) is 2.55. The maximum Gasteiger partial charge on any atom is 0.141 e. The molecule has 0 aliphatic heterocycles. The molecule has 0 saturated heterocycles. The Labute approximate surface area is 169 Å². The summed E-state index contributed by atoms with van der Waals surface area (Å²) in [6, 6.07) is 23.7. The number of benzene rings is 3. The lowest BCUT2D eigenvalue weighted by atomic mass is 10.2. The minimum absolute atomic E-state index is 0.611. The van der Waals surface area contributed by atoms with E-state index in [-0.39, 0.29) is 0 Å². The van der Waals surface area contributed by atoms with Crippen molar-refractivity contribution in [3.63, 3.8) is 0 Å². The molecule has 0 saturated carbocycles. The Morgan fingerprint density at radius 2 is 1.71 bits per heavy atom. The first-order chi connectivity index (χ1) is 13.7. The fraction of sp³-hybridized carbons (Fsp3) is 0.174. The molecular weight excluding hydrogens is 372 g/mol. The average Bonchev–Trinajstić information content (AvgIpc) is 3.10. The molecule has 0 atom stereocenters. The third-order valence-electron chi connectivity index (χ3n) is 4.59. The molecule has 4 rings (SSSR count). The Hall–Kier alpha value is -2.98. The summed E-state index contributed by atoms with van der Waals surface area (Å²) >= 11 is 6.05.